The first-order chi connectivity index (χ1) is 31.9. The molecule has 0 saturated heterocycles. The molecule has 2 aromatic heterocycles. The van der Waals surface area contributed by atoms with Crippen molar-refractivity contribution in [3.8, 4) is 0 Å². The highest BCUT2D eigenvalue weighted by Gasteiger charge is 2.39. The molecular weight excluding hydrogens is 868 g/mol. The van der Waals surface area contributed by atoms with Crippen molar-refractivity contribution in [1.82, 2.24) is 14.7 Å². The molecule has 4 aliphatic rings. The third kappa shape index (κ3) is 9.33. The summed E-state index contributed by atoms with van der Waals surface area (Å²) in [6, 6.07) is 4.05. The van der Waals surface area contributed by atoms with Crippen molar-refractivity contribution in [2.45, 2.75) is 91.8 Å². The number of carbonyl (C=O) groups is 4. The molecule has 4 N–H and O–H groups in total. The molecule has 14 nitrogen and oxygen atoms in total. The molecule has 3 atom stereocenters. The summed E-state index contributed by atoms with van der Waals surface area (Å²) in [6.07, 6.45) is 7.11. The van der Waals surface area contributed by atoms with Gasteiger partial charge in [-0.05, 0) is 118 Å². The zero-order valence-corrected chi connectivity index (χ0v) is 38.9. The van der Waals surface area contributed by atoms with Crippen LogP contribution in [-0.4, -0.2) is 78.5 Å². The van der Waals surface area contributed by atoms with Crippen LogP contribution >= 0.6 is 0 Å². The number of allylic oxidation sites excluding steroid dienone is 3. The molecule has 67 heavy (non-hydrogen) atoms. The van der Waals surface area contributed by atoms with Crippen LogP contribution in [0.15, 0.2) is 56.8 Å². The van der Waals surface area contributed by atoms with E-state index in [1.165, 1.54) is 33.5 Å². The van der Waals surface area contributed by atoms with Crippen molar-refractivity contribution in [2.24, 2.45) is 27.6 Å². The lowest BCUT2D eigenvalue weighted by Crippen LogP contribution is -2.43. The Morgan fingerprint density at radius 3 is 2.28 bits per heavy atom. The highest BCUT2D eigenvalue weighted by atomic mass is 19.4. The maximum atomic E-state index is 14.2. The predicted octanol–water partition coefficient (Wildman–Crippen LogP) is 6.55. The second kappa shape index (κ2) is 19.6. The molecule has 3 aromatic rings. The van der Waals surface area contributed by atoms with Crippen molar-refractivity contribution >= 4 is 71.2 Å². The van der Waals surface area contributed by atoms with Gasteiger partial charge in [0.25, 0.3) is 0 Å². The number of unbranched alkanes of at least 4 members (excludes halogenated alkanes) is 1. The minimum Gasteiger partial charge on any atom is -0.469 e. The number of hydrogen-bond acceptors (Lipinski definition) is 11. The summed E-state index contributed by atoms with van der Waals surface area (Å²) in [5.74, 6) is -3.05. The summed E-state index contributed by atoms with van der Waals surface area (Å²) in [6.45, 7) is 10.2. The summed E-state index contributed by atoms with van der Waals surface area (Å²) < 4.78 is 59.9. The van der Waals surface area contributed by atoms with E-state index >= 15 is 0 Å². The van der Waals surface area contributed by atoms with Crippen LogP contribution in [-0.2, 0) is 34.8 Å². The second-order valence-corrected chi connectivity index (χ2v) is 17.0. The van der Waals surface area contributed by atoms with E-state index in [1.807, 2.05) is 56.7 Å². The Morgan fingerprint density at radius 1 is 0.910 bits per heavy atom. The molecule has 354 valence electrons. The van der Waals surface area contributed by atoms with E-state index in [0.29, 0.717) is 93.8 Å². The number of alkyl halides is 3. The summed E-state index contributed by atoms with van der Waals surface area (Å²) in [5.41, 5.74) is 17.4. The van der Waals surface area contributed by atoms with Gasteiger partial charge in [0, 0.05) is 35.1 Å². The fraction of sp³-hybridized carbons (Fsp3) is 0.400. The van der Waals surface area contributed by atoms with Crippen molar-refractivity contribution in [3.05, 3.63) is 102 Å². The summed E-state index contributed by atoms with van der Waals surface area (Å²) >= 11 is 0. The number of halogens is 3. The number of ether oxygens (including phenoxy) is 3. The van der Waals surface area contributed by atoms with Gasteiger partial charge in [0.05, 0.1) is 78.1 Å². The molecule has 0 spiro atoms. The fourth-order valence-electron chi connectivity index (χ4n) is 9.35. The van der Waals surface area contributed by atoms with Crippen LogP contribution in [0.5, 0.6) is 0 Å². The average molecular weight is 924 g/mol. The van der Waals surface area contributed by atoms with Gasteiger partial charge in [-0.2, -0.15) is 13.2 Å². The first kappa shape index (κ1) is 48.2. The highest BCUT2D eigenvalue weighted by Crippen LogP contribution is 2.41. The Kier molecular flexibility index (Phi) is 14.1. The van der Waals surface area contributed by atoms with Gasteiger partial charge >= 0.3 is 24.1 Å². The van der Waals surface area contributed by atoms with Gasteiger partial charge in [-0.15, -0.1) is 0 Å². The molecule has 7 rings (SSSR count). The number of nitrogens with zero attached hydrogens (tertiary/aromatic N) is 4. The number of esters is 3. The summed E-state index contributed by atoms with van der Waals surface area (Å²) in [7, 11) is 3.83. The molecule has 1 aromatic carbocycles. The molecule has 4 aliphatic heterocycles. The van der Waals surface area contributed by atoms with Crippen LogP contribution < -0.4 is 27.3 Å². The fourth-order valence-corrected chi connectivity index (χ4v) is 9.35. The molecule has 0 unspecified atom stereocenters. The Balaban J connectivity index is 1.51. The summed E-state index contributed by atoms with van der Waals surface area (Å²) in [5, 5.41) is 3.68. The zero-order chi connectivity index (χ0) is 48.5. The number of amides is 1. The normalized spacial score (nSPS) is 17.8. The molecule has 6 heterocycles. The first-order valence-corrected chi connectivity index (χ1v) is 22.3. The number of aliphatic imine (C=N–C) groups is 2. The quantitative estimate of drug-likeness (QED) is 0.0866. The Morgan fingerprint density at radius 2 is 1.64 bits per heavy atom. The number of carbonyl (C=O) groups excluding carboxylic acids is 4. The molecule has 0 radical (unpaired) electrons. The largest absolute Gasteiger partial charge is 0.469 e. The number of nitrogens with two attached hydrogens (primary N) is 1. The van der Waals surface area contributed by atoms with Gasteiger partial charge in [0.15, 0.2) is 0 Å². The number of rotatable bonds is 15. The molecule has 0 fully saturated rings. The maximum Gasteiger partial charge on any atom is 0.416 e. The highest BCUT2D eigenvalue weighted by molar-refractivity contribution is 6.25. The van der Waals surface area contributed by atoms with Crippen molar-refractivity contribution in [2.75, 3.05) is 33.4 Å². The van der Waals surface area contributed by atoms with Crippen molar-refractivity contribution < 1.29 is 46.6 Å². The van der Waals surface area contributed by atoms with Gasteiger partial charge in [-0.25, -0.2) is 29.5 Å². The van der Waals surface area contributed by atoms with Crippen molar-refractivity contribution in [1.29, 1.82) is 0 Å². The zero-order valence-electron chi connectivity index (χ0n) is 38.9. The molecule has 0 aliphatic carbocycles. The first-order valence-electron chi connectivity index (χ1n) is 22.3. The van der Waals surface area contributed by atoms with E-state index < -0.39 is 41.6 Å². The third-order valence-corrected chi connectivity index (χ3v) is 13.1. The van der Waals surface area contributed by atoms with E-state index in [0.717, 1.165) is 34.4 Å². The summed E-state index contributed by atoms with van der Waals surface area (Å²) in [4.78, 5) is 64.7. The Bertz CT molecular complexity index is 2860. The molecule has 0 saturated carbocycles. The number of aromatic nitrogens is 2. The van der Waals surface area contributed by atoms with Gasteiger partial charge in [0.1, 0.15) is 6.04 Å². The minimum atomic E-state index is -4.49. The van der Waals surface area contributed by atoms with E-state index in [1.54, 1.807) is 17.7 Å². The lowest BCUT2D eigenvalue weighted by atomic mass is 9.82. The molecule has 6 bridgehead atoms. The number of hydrogen-bond donors (Lipinski definition) is 3. The molecular formula is C50H56F3N7O7. The predicted molar refractivity (Wildman–Crippen MR) is 251 cm³/mol. The van der Waals surface area contributed by atoms with Crippen LogP contribution in [0.1, 0.15) is 115 Å². The smallest absolute Gasteiger partial charge is 0.416 e. The van der Waals surface area contributed by atoms with E-state index in [-0.39, 0.29) is 36.7 Å². The molecule has 17 heteroatoms. The number of nitrogens with one attached hydrogen (secondary N) is 2. The Hall–Kier alpha value is -6.75. The lowest BCUT2D eigenvalue weighted by Gasteiger charge is -2.21. The van der Waals surface area contributed by atoms with Crippen LogP contribution in [0.25, 0.3) is 36.0 Å². The average Bonchev–Trinajstić information content (AvgIpc) is 3.95. The molecule has 1 amide bonds. The van der Waals surface area contributed by atoms with Crippen molar-refractivity contribution in [3.63, 3.8) is 0 Å². The van der Waals surface area contributed by atoms with E-state index in [9.17, 15) is 32.3 Å². The maximum absolute atomic E-state index is 14.2. The van der Waals surface area contributed by atoms with E-state index in [2.05, 4.69) is 10.9 Å². The number of fused-ring (bicyclic) bond motifs is 2. The standard InChI is InChI=1S/C50H56F3N7O7/c1-9-32-26(2)37-24-42-33(18-15-30-13-16-31(17-14-30)50(51,52)53)28(4)40-23-38-27(3)34(19-20-43(61)56-36(48(63)66-7)12-10-11-21-54)46(57-38)35(22-44(62)65-6)47-45(49(64)67-8)29(5)41(25-39(32)55-37)60(47)58-59(40)42/h13-18,23-25,27,34,36,58H,9-12,19-22,54H2,1-8H3,(H,56,61)/b18-15+,37-24?,38-23?,39-25?,40-23?,41-25?,42-24?,46-35?,47-35?/t27-,34-,36-/m0/s1. The topological polar surface area (TPSA) is 181 Å². The Labute approximate surface area is 386 Å². The van der Waals surface area contributed by atoms with Crippen LogP contribution in [0.4, 0.5) is 13.2 Å². The third-order valence-electron chi connectivity index (χ3n) is 13.1. The SMILES string of the molecule is CCC1=C(C)C2=Cc3c(/C=C/c4ccc(C(F)(F)F)cc4)c(C)c4n3Nn3c(c(C)c(C(=O)OC)c3=C(CC(=O)OC)C3=NC(=C4)[C@@H](C)[C@@H]3CCC(=O)N[C@@H](CCCCN)C(=O)OC)=CC1=N2. The lowest BCUT2D eigenvalue weighted by molar-refractivity contribution is -0.145. The van der Waals surface area contributed by atoms with Crippen LogP contribution in [0, 0.1) is 25.7 Å². The van der Waals surface area contributed by atoms with Gasteiger partial charge < -0.3 is 25.3 Å². The van der Waals surface area contributed by atoms with Crippen LogP contribution in [0.3, 0.4) is 0 Å². The van der Waals surface area contributed by atoms with E-state index in [4.69, 9.17) is 29.9 Å². The van der Waals surface area contributed by atoms with Gasteiger partial charge in [-0.1, -0.05) is 38.1 Å². The monoisotopic (exact) mass is 923 g/mol. The number of methoxy groups -OCH3 is 3. The minimum absolute atomic E-state index is 0.0182. The number of benzene rings is 1. The second-order valence-electron chi connectivity index (χ2n) is 17.0. The van der Waals surface area contributed by atoms with Gasteiger partial charge in [-0.3, -0.25) is 14.6 Å². The van der Waals surface area contributed by atoms with Crippen LogP contribution in [0.2, 0.25) is 0 Å². The van der Waals surface area contributed by atoms with Gasteiger partial charge in [0.2, 0.25) is 5.91 Å².